The Bertz CT molecular complexity index is 1200. The van der Waals surface area contributed by atoms with Crippen LogP contribution in [0.4, 0.5) is 5.69 Å². The van der Waals surface area contributed by atoms with Crippen molar-refractivity contribution < 1.29 is 4.79 Å². The predicted octanol–water partition coefficient (Wildman–Crippen LogP) is 6.18. The standard InChI is InChI=1S/C31H32N2O/c1-3-24-13-16-26(17-14-24)32-19-21-33(22-20-32)31(34)30-23(2)27(28-11-7-8-12-29(28)30)18-15-25-9-5-4-6-10-25/h3-14,16-17,27H,1,15,18-22H2,2H3. The third-order valence-electron chi connectivity index (χ3n) is 7.36. The van der Waals surface area contributed by atoms with E-state index >= 15 is 0 Å². The second-order valence-corrected chi connectivity index (χ2v) is 9.30. The molecule has 3 nitrogen and oxygen atoms in total. The smallest absolute Gasteiger partial charge is 0.254 e. The number of hydrogen-bond donors (Lipinski definition) is 0. The van der Waals surface area contributed by atoms with Gasteiger partial charge in [-0.15, -0.1) is 0 Å². The van der Waals surface area contributed by atoms with Crippen LogP contribution in [0.5, 0.6) is 0 Å². The number of benzene rings is 3. The topological polar surface area (TPSA) is 23.6 Å². The summed E-state index contributed by atoms with van der Waals surface area (Å²) >= 11 is 0. The van der Waals surface area contributed by atoms with Crippen LogP contribution in [0.15, 0.2) is 91.0 Å². The summed E-state index contributed by atoms with van der Waals surface area (Å²) in [6.07, 6.45) is 3.91. The molecule has 0 spiro atoms. The number of piperazine rings is 1. The van der Waals surface area contributed by atoms with Gasteiger partial charge in [0.05, 0.1) is 0 Å². The van der Waals surface area contributed by atoms with Crippen LogP contribution < -0.4 is 4.90 Å². The Balaban J connectivity index is 1.31. The summed E-state index contributed by atoms with van der Waals surface area (Å²) in [6, 6.07) is 27.6. The molecule has 1 aliphatic heterocycles. The monoisotopic (exact) mass is 448 g/mol. The van der Waals surface area contributed by atoms with Gasteiger partial charge in [0.25, 0.3) is 5.91 Å². The van der Waals surface area contributed by atoms with E-state index in [9.17, 15) is 4.79 Å². The quantitative estimate of drug-likeness (QED) is 0.449. The van der Waals surface area contributed by atoms with Gasteiger partial charge in [-0.2, -0.15) is 0 Å². The Morgan fingerprint density at radius 3 is 2.29 bits per heavy atom. The van der Waals surface area contributed by atoms with Crippen molar-refractivity contribution in [3.63, 3.8) is 0 Å². The predicted molar refractivity (Wildman–Crippen MR) is 142 cm³/mol. The first-order valence-electron chi connectivity index (χ1n) is 12.3. The van der Waals surface area contributed by atoms with E-state index in [1.807, 2.05) is 11.0 Å². The molecule has 1 amide bonds. The SMILES string of the molecule is C=Cc1ccc(N2CCN(C(=O)C3=C(C)C(CCc4ccccc4)c4ccccc43)CC2)cc1. The number of carbonyl (C=O) groups excluding carboxylic acids is 1. The highest BCUT2D eigenvalue weighted by Gasteiger charge is 2.34. The minimum absolute atomic E-state index is 0.189. The van der Waals surface area contributed by atoms with Gasteiger partial charge in [-0.05, 0) is 54.2 Å². The second-order valence-electron chi connectivity index (χ2n) is 9.30. The van der Waals surface area contributed by atoms with Gasteiger partial charge in [0.15, 0.2) is 0 Å². The van der Waals surface area contributed by atoms with Crippen molar-refractivity contribution in [2.75, 3.05) is 31.1 Å². The lowest BCUT2D eigenvalue weighted by atomic mass is 9.90. The Kier molecular flexibility index (Phi) is 6.35. The van der Waals surface area contributed by atoms with E-state index in [4.69, 9.17) is 0 Å². The van der Waals surface area contributed by atoms with Gasteiger partial charge >= 0.3 is 0 Å². The maximum Gasteiger partial charge on any atom is 0.254 e. The van der Waals surface area contributed by atoms with Crippen LogP contribution in [0.3, 0.4) is 0 Å². The number of rotatable bonds is 6. The Morgan fingerprint density at radius 1 is 0.912 bits per heavy atom. The highest BCUT2D eigenvalue weighted by atomic mass is 16.2. The number of amides is 1. The van der Waals surface area contributed by atoms with Gasteiger partial charge < -0.3 is 9.80 Å². The zero-order chi connectivity index (χ0) is 23.5. The first kappa shape index (κ1) is 22.2. The van der Waals surface area contributed by atoms with Crippen LogP contribution in [-0.4, -0.2) is 37.0 Å². The number of carbonyl (C=O) groups is 1. The molecule has 0 saturated carbocycles. The van der Waals surface area contributed by atoms with Crippen molar-refractivity contribution in [1.29, 1.82) is 0 Å². The van der Waals surface area contributed by atoms with Crippen LogP contribution in [0.2, 0.25) is 0 Å². The van der Waals surface area contributed by atoms with Gasteiger partial charge in [-0.1, -0.05) is 85.0 Å². The minimum Gasteiger partial charge on any atom is -0.368 e. The van der Waals surface area contributed by atoms with Crippen molar-refractivity contribution in [3.05, 3.63) is 113 Å². The second kappa shape index (κ2) is 9.72. The minimum atomic E-state index is 0.189. The lowest BCUT2D eigenvalue weighted by Crippen LogP contribution is -2.49. The molecular weight excluding hydrogens is 416 g/mol. The Morgan fingerprint density at radius 2 is 1.59 bits per heavy atom. The first-order valence-corrected chi connectivity index (χ1v) is 12.3. The molecule has 1 atom stereocenters. The molecule has 5 rings (SSSR count). The molecule has 2 aliphatic rings. The molecule has 1 unspecified atom stereocenters. The van der Waals surface area contributed by atoms with Gasteiger partial charge in [-0.25, -0.2) is 0 Å². The summed E-state index contributed by atoms with van der Waals surface area (Å²) in [7, 11) is 0. The van der Waals surface area contributed by atoms with Crippen molar-refractivity contribution in [2.24, 2.45) is 0 Å². The average Bonchev–Trinajstić information content (AvgIpc) is 3.18. The van der Waals surface area contributed by atoms with E-state index in [1.54, 1.807) is 0 Å². The number of allylic oxidation sites excluding steroid dienone is 1. The Hall–Kier alpha value is -3.59. The van der Waals surface area contributed by atoms with Crippen LogP contribution in [-0.2, 0) is 11.2 Å². The molecule has 0 N–H and O–H groups in total. The van der Waals surface area contributed by atoms with E-state index in [2.05, 4.69) is 97.3 Å². The average molecular weight is 449 g/mol. The fraction of sp³-hybridized carbons (Fsp3) is 0.258. The van der Waals surface area contributed by atoms with Crippen LogP contribution in [0.1, 0.15) is 41.5 Å². The number of anilines is 1. The molecule has 3 aromatic rings. The zero-order valence-electron chi connectivity index (χ0n) is 19.9. The molecular formula is C31H32N2O. The molecule has 3 aromatic carbocycles. The van der Waals surface area contributed by atoms with Crippen LogP contribution in [0.25, 0.3) is 11.6 Å². The van der Waals surface area contributed by atoms with Gasteiger partial charge in [0.1, 0.15) is 0 Å². The highest BCUT2D eigenvalue weighted by molar-refractivity contribution is 6.22. The summed E-state index contributed by atoms with van der Waals surface area (Å²) in [5.41, 5.74) is 8.28. The van der Waals surface area contributed by atoms with E-state index in [-0.39, 0.29) is 5.91 Å². The molecule has 1 aliphatic carbocycles. The maximum absolute atomic E-state index is 13.8. The summed E-state index contributed by atoms with van der Waals surface area (Å²) < 4.78 is 0. The Labute approximate surface area is 203 Å². The van der Waals surface area contributed by atoms with Crippen molar-refractivity contribution >= 4 is 23.2 Å². The normalized spacial score (nSPS) is 17.6. The molecule has 1 heterocycles. The third kappa shape index (κ3) is 4.31. The molecule has 0 radical (unpaired) electrons. The largest absolute Gasteiger partial charge is 0.368 e. The molecule has 34 heavy (non-hydrogen) atoms. The molecule has 1 fully saturated rings. The summed E-state index contributed by atoms with van der Waals surface area (Å²) in [6.45, 7) is 9.19. The van der Waals surface area contributed by atoms with Gasteiger partial charge in [0.2, 0.25) is 0 Å². The highest BCUT2D eigenvalue weighted by Crippen LogP contribution is 2.44. The van der Waals surface area contributed by atoms with Crippen molar-refractivity contribution in [1.82, 2.24) is 4.90 Å². The van der Waals surface area contributed by atoms with Crippen LogP contribution in [0, 0.1) is 0 Å². The molecule has 172 valence electrons. The van der Waals surface area contributed by atoms with Gasteiger partial charge in [-0.3, -0.25) is 4.79 Å². The number of aryl methyl sites for hydroxylation is 1. The summed E-state index contributed by atoms with van der Waals surface area (Å²) in [5, 5.41) is 0. The molecule has 0 bridgehead atoms. The van der Waals surface area contributed by atoms with Crippen molar-refractivity contribution in [3.8, 4) is 0 Å². The van der Waals surface area contributed by atoms with E-state index < -0.39 is 0 Å². The lowest BCUT2D eigenvalue weighted by Gasteiger charge is -2.36. The fourth-order valence-corrected chi connectivity index (χ4v) is 5.41. The third-order valence-corrected chi connectivity index (χ3v) is 7.36. The van der Waals surface area contributed by atoms with Gasteiger partial charge in [0, 0.05) is 43.4 Å². The summed E-state index contributed by atoms with van der Waals surface area (Å²) in [4.78, 5) is 18.2. The van der Waals surface area contributed by atoms with Crippen molar-refractivity contribution in [2.45, 2.75) is 25.7 Å². The molecule has 3 heteroatoms. The lowest BCUT2D eigenvalue weighted by molar-refractivity contribution is -0.125. The maximum atomic E-state index is 13.8. The number of fused-ring (bicyclic) bond motifs is 1. The van der Waals surface area contributed by atoms with E-state index in [0.717, 1.165) is 55.7 Å². The summed E-state index contributed by atoms with van der Waals surface area (Å²) in [5.74, 6) is 0.494. The molecule has 0 aromatic heterocycles. The zero-order valence-corrected chi connectivity index (χ0v) is 19.9. The van der Waals surface area contributed by atoms with Crippen LogP contribution >= 0.6 is 0 Å². The number of hydrogen-bond acceptors (Lipinski definition) is 2. The van der Waals surface area contributed by atoms with E-state index in [1.165, 1.54) is 22.4 Å². The number of nitrogens with zero attached hydrogens (tertiary/aromatic N) is 2. The molecule has 1 saturated heterocycles. The first-order chi connectivity index (χ1) is 16.7. The fourth-order valence-electron chi connectivity index (χ4n) is 5.41. The van der Waals surface area contributed by atoms with E-state index in [0.29, 0.717) is 5.92 Å².